The summed E-state index contributed by atoms with van der Waals surface area (Å²) in [6.07, 6.45) is 2.11. The van der Waals surface area contributed by atoms with Gasteiger partial charge in [0.2, 0.25) is 5.91 Å². The molecule has 2 N–H and O–H groups in total. The Morgan fingerprint density at radius 1 is 1.17 bits per heavy atom. The SMILES string of the molecule is Cc1c(N[C@H](C)C(C)C)cccc1C(=O)NCC(=O)N1CCCC1. The van der Waals surface area contributed by atoms with Gasteiger partial charge in [0.25, 0.3) is 5.91 Å². The molecule has 2 amide bonds. The van der Waals surface area contributed by atoms with Crippen molar-refractivity contribution >= 4 is 17.5 Å². The lowest BCUT2D eigenvalue weighted by Gasteiger charge is -2.21. The first-order valence-corrected chi connectivity index (χ1v) is 8.82. The minimum absolute atomic E-state index is 0.00112. The van der Waals surface area contributed by atoms with Crippen molar-refractivity contribution < 1.29 is 9.59 Å². The molecule has 5 nitrogen and oxygen atoms in total. The molecule has 0 aliphatic carbocycles. The van der Waals surface area contributed by atoms with E-state index < -0.39 is 0 Å². The number of hydrogen-bond donors (Lipinski definition) is 2. The summed E-state index contributed by atoms with van der Waals surface area (Å²) in [7, 11) is 0. The number of nitrogens with zero attached hydrogens (tertiary/aromatic N) is 1. The Bertz CT molecular complexity index is 592. The van der Waals surface area contributed by atoms with Crippen LogP contribution >= 0.6 is 0 Å². The summed E-state index contributed by atoms with van der Waals surface area (Å²) in [4.78, 5) is 26.3. The summed E-state index contributed by atoms with van der Waals surface area (Å²) in [6, 6.07) is 5.98. The van der Waals surface area contributed by atoms with Crippen LogP contribution in [0, 0.1) is 12.8 Å². The minimum Gasteiger partial charge on any atom is -0.382 e. The van der Waals surface area contributed by atoms with Crippen molar-refractivity contribution in [2.75, 3.05) is 25.0 Å². The lowest BCUT2D eigenvalue weighted by atomic mass is 10.0. The monoisotopic (exact) mass is 331 g/mol. The van der Waals surface area contributed by atoms with Crippen LogP contribution in [-0.2, 0) is 4.79 Å². The Balaban J connectivity index is 1.99. The number of nitrogens with one attached hydrogen (secondary N) is 2. The molecule has 0 bridgehead atoms. The van der Waals surface area contributed by atoms with E-state index in [-0.39, 0.29) is 18.4 Å². The summed E-state index contributed by atoms with van der Waals surface area (Å²) >= 11 is 0. The smallest absolute Gasteiger partial charge is 0.252 e. The van der Waals surface area contributed by atoms with Crippen LogP contribution in [0.3, 0.4) is 0 Å². The maximum Gasteiger partial charge on any atom is 0.252 e. The zero-order chi connectivity index (χ0) is 17.7. The molecule has 1 heterocycles. The molecule has 0 unspecified atom stereocenters. The molecule has 0 saturated carbocycles. The molecule has 1 saturated heterocycles. The second-order valence-corrected chi connectivity index (χ2v) is 6.93. The quantitative estimate of drug-likeness (QED) is 0.842. The second-order valence-electron chi connectivity index (χ2n) is 6.93. The largest absolute Gasteiger partial charge is 0.382 e. The number of hydrogen-bond acceptors (Lipinski definition) is 3. The van der Waals surface area contributed by atoms with Crippen molar-refractivity contribution in [3.63, 3.8) is 0 Å². The minimum atomic E-state index is -0.194. The van der Waals surface area contributed by atoms with Gasteiger partial charge in [0, 0.05) is 30.4 Å². The number of amides is 2. The Morgan fingerprint density at radius 2 is 1.83 bits per heavy atom. The third kappa shape index (κ3) is 4.49. The summed E-state index contributed by atoms with van der Waals surface area (Å²) in [5.74, 6) is 0.307. The Hall–Kier alpha value is -2.04. The fourth-order valence-electron chi connectivity index (χ4n) is 2.78. The molecule has 2 rings (SSSR count). The lowest BCUT2D eigenvalue weighted by molar-refractivity contribution is -0.129. The normalized spacial score (nSPS) is 15.5. The average molecular weight is 331 g/mol. The predicted molar refractivity (Wildman–Crippen MR) is 97.2 cm³/mol. The number of anilines is 1. The van der Waals surface area contributed by atoms with E-state index in [1.165, 1.54) is 0 Å². The third-order valence-electron chi connectivity index (χ3n) is 4.82. The van der Waals surface area contributed by atoms with Gasteiger partial charge in [-0.05, 0) is 50.3 Å². The molecule has 0 radical (unpaired) electrons. The highest BCUT2D eigenvalue weighted by atomic mass is 16.2. The summed E-state index contributed by atoms with van der Waals surface area (Å²) < 4.78 is 0. The molecule has 5 heteroatoms. The van der Waals surface area contributed by atoms with Crippen LogP contribution in [0.4, 0.5) is 5.69 Å². The van der Waals surface area contributed by atoms with Gasteiger partial charge in [0.1, 0.15) is 0 Å². The van der Waals surface area contributed by atoms with Gasteiger partial charge in [-0.25, -0.2) is 0 Å². The molecule has 24 heavy (non-hydrogen) atoms. The molecule has 0 aromatic heterocycles. The summed E-state index contributed by atoms with van der Waals surface area (Å²) in [5, 5.41) is 6.22. The van der Waals surface area contributed by atoms with Crippen molar-refractivity contribution in [1.29, 1.82) is 0 Å². The van der Waals surface area contributed by atoms with Crippen molar-refractivity contribution in [2.45, 2.75) is 46.6 Å². The highest BCUT2D eigenvalue weighted by molar-refractivity contribution is 5.98. The molecular weight excluding hydrogens is 302 g/mol. The number of carbonyl (C=O) groups excluding carboxylic acids is 2. The topological polar surface area (TPSA) is 61.4 Å². The van der Waals surface area contributed by atoms with Crippen molar-refractivity contribution in [3.05, 3.63) is 29.3 Å². The van der Waals surface area contributed by atoms with E-state index in [4.69, 9.17) is 0 Å². The van der Waals surface area contributed by atoms with Crippen LogP contribution in [0.25, 0.3) is 0 Å². The first kappa shape index (κ1) is 18.3. The van der Waals surface area contributed by atoms with Crippen LogP contribution in [0.15, 0.2) is 18.2 Å². The van der Waals surface area contributed by atoms with Gasteiger partial charge in [-0.1, -0.05) is 19.9 Å². The van der Waals surface area contributed by atoms with E-state index >= 15 is 0 Å². The first-order valence-electron chi connectivity index (χ1n) is 8.82. The summed E-state index contributed by atoms with van der Waals surface area (Å²) in [6.45, 7) is 10.1. The van der Waals surface area contributed by atoms with Gasteiger partial charge in [-0.2, -0.15) is 0 Å². The molecule has 1 atom stereocenters. The molecule has 1 aromatic carbocycles. The van der Waals surface area contributed by atoms with Crippen LogP contribution < -0.4 is 10.6 Å². The van der Waals surface area contributed by atoms with Gasteiger partial charge < -0.3 is 15.5 Å². The molecule has 132 valence electrons. The van der Waals surface area contributed by atoms with E-state index in [1.54, 1.807) is 6.07 Å². The second kappa shape index (κ2) is 8.18. The number of carbonyl (C=O) groups is 2. The Labute approximate surface area is 144 Å². The molecule has 1 aliphatic rings. The first-order chi connectivity index (χ1) is 11.4. The zero-order valence-corrected chi connectivity index (χ0v) is 15.2. The van der Waals surface area contributed by atoms with E-state index in [2.05, 4.69) is 31.4 Å². The predicted octanol–water partition coefficient (Wildman–Crippen LogP) is 2.80. The van der Waals surface area contributed by atoms with Crippen LogP contribution in [0.2, 0.25) is 0 Å². The van der Waals surface area contributed by atoms with Gasteiger partial charge in [-0.15, -0.1) is 0 Å². The fraction of sp³-hybridized carbons (Fsp3) is 0.579. The van der Waals surface area contributed by atoms with Gasteiger partial charge in [-0.3, -0.25) is 9.59 Å². The van der Waals surface area contributed by atoms with Crippen LogP contribution in [0.5, 0.6) is 0 Å². The molecule has 1 aliphatic heterocycles. The number of rotatable bonds is 6. The number of benzene rings is 1. The molecule has 1 fully saturated rings. The third-order valence-corrected chi connectivity index (χ3v) is 4.82. The lowest BCUT2D eigenvalue weighted by Crippen LogP contribution is -2.38. The Kier molecular flexibility index (Phi) is 6.23. The summed E-state index contributed by atoms with van der Waals surface area (Å²) in [5.41, 5.74) is 2.50. The van der Waals surface area contributed by atoms with E-state index in [0.717, 1.165) is 37.2 Å². The van der Waals surface area contributed by atoms with Crippen LogP contribution in [0.1, 0.15) is 49.5 Å². The van der Waals surface area contributed by atoms with Gasteiger partial charge in [0.15, 0.2) is 0 Å². The van der Waals surface area contributed by atoms with Crippen molar-refractivity contribution in [2.24, 2.45) is 5.92 Å². The van der Waals surface area contributed by atoms with Gasteiger partial charge in [0.05, 0.1) is 6.54 Å². The fourth-order valence-corrected chi connectivity index (χ4v) is 2.78. The average Bonchev–Trinajstić information content (AvgIpc) is 3.08. The maximum atomic E-state index is 12.4. The van der Waals surface area contributed by atoms with Crippen molar-refractivity contribution in [1.82, 2.24) is 10.2 Å². The Morgan fingerprint density at radius 3 is 2.46 bits per heavy atom. The molecule has 0 spiro atoms. The van der Waals surface area contributed by atoms with E-state index in [1.807, 2.05) is 24.0 Å². The van der Waals surface area contributed by atoms with Crippen molar-refractivity contribution in [3.8, 4) is 0 Å². The standard InChI is InChI=1S/C19H29N3O2/c1-13(2)15(4)21-17-9-7-8-16(14(17)3)19(24)20-12-18(23)22-10-5-6-11-22/h7-9,13,15,21H,5-6,10-12H2,1-4H3,(H,20,24)/t15-/m1/s1. The van der Waals surface area contributed by atoms with E-state index in [9.17, 15) is 9.59 Å². The highest BCUT2D eigenvalue weighted by Gasteiger charge is 2.19. The molecular formula is C19H29N3O2. The van der Waals surface area contributed by atoms with E-state index in [0.29, 0.717) is 17.5 Å². The highest BCUT2D eigenvalue weighted by Crippen LogP contribution is 2.21. The zero-order valence-electron chi connectivity index (χ0n) is 15.2. The molecule has 1 aromatic rings. The number of likely N-dealkylation sites (tertiary alicyclic amines) is 1. The van der Waals surface area contributed by atoms with Crippen LogP contribution in [-0.4, -0.2) is 42.4 Å². The maximum absolute atomic E-state index is 12.4. The van der Waals surface area contributed by atoms with Gasteiger partial charge >= 0.3 is 0 Å².